The second-order valence-electron chi connectivity index (χ2n) is 3.66. The summed E-state index contributed by atoms with van der Waals surface area (Å²) >= 11 is 9.99. The Balaban J connectivity index is 2.64. The van der Waals surface area contributed by atoms with Crippen LogP contribution in [0, 0.1) is 0 Å². The molecule has 0 unspecified atom stereocenters. The molecule has 0 atom stereocenters. The minimum absolute atomic E-state index is 0.0652. The van der Waals surface area contributed by atoms with Crippen molar-refractivity contribution in [3.63, 3.8) is 0 Å². The van der Waals surface area contributed by atoms with E-state index in [9.17, 15) is 13.2 Å². The lowest BCUT2D eigenvalue weighted by Gasteiger charge is -2.07. The van der Waals surface area contributed by atoms with Crippen molar-refractivity contribution in [2.75, 3.05) is 18.1 Å². The second-order valence-corrected chi connectivity index (χ2v) is 7.05. The predicted octanol–water partition coefficient (Wildman–Crippen LogP) is 1.79. The van der Waals surface area contributed by atoms with Crippen molar-refractivity contribution in [1.29, 1.82) is 0 Å². The van der Waals surface area contributed by atoms with Gasteiger partial charge < -0.3 is 5.32 Å². The van der Waals surface area contributed by atoms with Gasteiger partial charge in [0.2, 0.25) is 0 Å². The normalized spacial score (nSPS) is 11.3. The van der Waals surface area contributed by atoms with Crippen molar-refractivity contribution in [1.82, 2.24) is 5.32 Å². The van der Waals surface area contributed by atoms with Gasteiger partial charge in [-0.3, -0.25) is 4.79 Å². The van der Waals surface area contributed by atoms with Crippen molar-refractivity contribution in [3.8, 4) is 0 Å². The van der Waals surface area contributed by atoms with Crippen LogP contribution in [0.2, 0.25) is 5.02 Å². The van der Waals surface area contributed by atoms with Crippen LogP contribution in [0.3, 0.4) is 0 Å². The van der Waals surface area contributed by atoms with Crippen molar-refractivity contribution in [3.05, 3.63) is 28.8 Å². The first kappa shape index (κ1) is 15.3. The number of sulfone groups is 1. The van der Waals surface area contributed by atoms with Gasteiger partial charge in [-0.1, -0.05) is 18.5 Å². The molecule has 0 radical (unpaired) electrons. The van der Waals surface area contributed by atoms with Crippen molar-refractivity contribution in [2.45, 2.75) is 11.8 Å². The highest BCUT2D eigenvalue weighted by atomic mass is 35.5. The number of nitrogens with one attached hydrogen (secondary N) is 1. The molecule has 0 heterocycles. The van der Waals surface area contributed by atoms with Crippen LogP contribution >= 0.6 is 24.2 Å². The molecule has 0 aliphatic heterocycles. The minimum Gasteiger partial charge on any atom is -0.351 e. The van der Waals surface area contributed by atoms with Gasteiger partial charge in [-0.25, -0.2) is 8.42 Å². The van der Waals surface area contributed by atoms with Gasteiger partial charge in [0.25, 0.3) is 5.91 Å². The molecular formula is C11H14ClNO3S2. The smallest absolute Gasteiger partial charge is 0.252 e. The molecule has 1 aromatic rings. The zero-order valence-corrected chi connectivity index (χ0v) is 12.3. The molecule has 7 heteroatoms. The van der Waals surface area contributed by atoms with Crippen LogP contribution in [-0.2, 0) is 9.84 Å². The Morgan fingerprint density at radius 3 is 2.72 bits per heavy atom. The zero-order chi connectivity index (χ0) is 13.8. The Morgan fingerprint density at radius 2 is 2.11 bits per heavy atom. The topological polar surface area (TPSA) is 63.2 Å². The van der Waals surface area contributed by atoms with Crippen LogP contribution < -0.4 is 5.32 Å². The quantitative estimate of drug-likeness (QED) is 0.815. The summed E-state index contributed by atoms with van der Waals surface area (Å²) in [7, 11) is -3.08. The molecule has 18 heavy (non-hydrogen) atoms. The number of thiol groups is 1. The van der Waals surface area contributed by atoms with E-state index < -0.39 is 15.7 Å². The van der Waals surface area contributed by atoms with Crippen LogP contribution in [0.5, 0.6) is 0 Å². The maximum Gasteiger partial charge on any atom is 0.252 e. The maximum absolute atomic E-state index is 11.8. The fraction of sp³-hybridized carbons (Fsp3) is 0.364. The van der Waals surface area contributed by atoms with Gasteiger partial charge in [0.15, 0.2) is 9.84 Å². The van der Waals surface area contributed by atoms with Gasteiger partial charge in [0, 0.05) is 17.2 Å². The summed E-state index contributed by atoms with van der Waals surface area (Å²) in [5.74, 6) is -0.411. The van der Waals surface area contributed by atoms with Crippen LogP contribution in [0.25, 0.3) is 0 Å². The molecular weight excluding hydrogens is 294 g/mol. The lowest BCUT2D eigenvalue weighted by molar-refractivity contribution is 0.0956. The standard InChI is InChI=1S/C11H14ClNO3S2/c1-2-18(15,16)6-5-13-11(14)9-7-8(17)3-4-10(9)12/h3-4,7,17H,2,5-6H2,1H3,(H,13,14). The fourth-order valence-corrected chi connectivity index (χ4v) is 2.36. The van der Waals surface area contributed by atoms with E-state index in [0.717, 1.165) is 0 Å². The molecule has 0 bridgehead atoms. The monoisotopic (exact) mass is 307 g/mol. The van der Waals surface area contributed by atoms with Gasteiger partial charge in [-0.05, 0) is 18.2 Å². The molecule has 0 saturated heterocycles. The molecule has 0 saturated carbocycles. The van der Waals surface area contributed by atoms with E-state index in [1.54, 1.807) is 19.1 Å². The first-order chi connectivity index (χ1) is 8.35. The number of carbonyl (C=O) groups is 1. The summed E-state index contributed by atoms with van der Waals surface area (Å²) in [6.07, 6.45) is 0. The third-order valence-electron chi connectivity index (χ3n) is 2.33. The molecule has 1 amide bonds. The van der Waals surface area contributed by atoms with Crippen LogP contribution in [0.15, 0.2) is 23.1 Å². The fourth-order valence-electron chi connectivity index (χ4n) is 1.25. The highest BCUT2D eigenvalue weighted by molar-refractivity contribution is 7.91. The maximum atomic E-state index is 11.8. The average Bonchev–Trinajstić information content (AvgIpc) is 2.32. The summed E-state index contributed by atoms with van der Waals surface area (Å²) < 4.78 is 22.5. The summed E-state index contributed by atoms with van der Waals surface area (Å²) in [6.45, 7) is 1.64. The van der Waals surface area contributed by atoms with E-state index in [4.69, 9.17) is 11.6 Å². The third-order valence-corrected chi connectivity index (χ3v) is 4.65. The number of hydrogen-bond acceptors (Lipinski definition) is 4. The Kier molecular flexibility index (Phi) is 5.49. The Hall–Kier alpha value is -0.720. The first-order valence-corrected chi connectivity index (χ1v) is 7.97. The zero-order valence-electron chi connectivity index (χ0n) is 9.81. The Labute approximate surface area is 117 Å². The molecule has 1 aromatic carbocycles. The summed E-state index contributed by atoms with van der Waals surface area (Å²) in [5.41, 5.74) is 0.290. The van der Waals surface area contributed by atoms with Crippen molar-refractivity contribution in [2.24, 2.45) is 0 Å². The lowest BCUT2D eigenvalue weighted by atomic mass is 10.2. The van der Waals surface area contributed by atoms with E-state index in [0.29, 0.717) is 9.92 Å². The van der Waals surface area contributed by atoms with Gasteiger partial charge >= 0.3 is 0 Å². The van der Waals surface area contributed by atoms with E-state index in [-0.39, 0.29) is 23.6 Å². The number of carbonyl (C=O) groups excluding carboxylic acids is 1. The molecule has 0 aromatic heterocycles. The second kappa shape index (κ2) is 6.45. The van der Waals surface area contributed by atoms with Crippen LogP contribution in [0.1, 0.15) is 17.3 Å². The Morgan fingerprint density at radius 1 is 1.44 bits per heavy atom. The number of halogens is 1. The van der Waals surface area contributed by atoms with E-state index >= 15 is 0 Å². The molecule has 1 N–H and O–H groups in total. The Bertz CT molecular complexity index is 543. The third kappa shape index (κ3) is 4.51. The number of amides is 1. The molecule has 0 fully saturated rings. The largest absolute Gasteiger partial charge is 0.351 e. The van der Waals surface area contributed by atoms with E-state index in [1.165, 1.54) is 6.07 Å². The molecule has 4 nitrogen and oxygen atoms in total. The summed E-state index contributed by atoms with van der Waals surface area (Å²) in [6, 6.07) is 4.78. The van der Waals surface area contributed by atoms with Crippen molar-refractivity contribution >= 4 is 40.0 Å². The summed E-state index contributed by atoms with van der Waals surface area (Å²) in [5, 5.41) is 2.83. The molecule has 1 rings (SSSR count). The molecule has 0 spiro atoms. The van der Waals surface area contributed by atoms with Gasteiger partial charge in [0.05, 0.1) is 16.3 Å². The molecule has 0 aliphatic rings. The van der Waals surface area contributed by atoms with E-state index in [2.05, 4.69) is 17.9 Å². The predicted molar refractivity (Wildman–Crippen MR) is 75.4 cm³/mol. The highest BCUT2D eigenvalue weighted by Crippen LogP contribution is 2.19. The van der Waals surface area contributed by atoms with Gasteiger partial charge in [-0.2, -0.15) is 0 Å². The number of benzene rings is 1. The first-order valence-electron chi connectivity index (χ1n) is 5.33. The highest BCUT2D eigenvalue weighted by Gasteiger charge is 2.12. The molecule has 100 valence electrons. The van der Waals surface area contributed by atoms with Crippen molar-refractivity contribution < 1.29 is 13.2 Å². The van der Waals surface area contributed by atoms with Gasteiger partial charge in [-0.15, -0.1) is 12.6 Å². The lowest BCUT2D eigenvalue weighted by Crippen LogP contribution is -2.29. The number of hydrogen-bond donors (Lipinski definition) is 2. The number of rotatable bonds is 5. The average molecular weight is 308 g/mol. The summed E-state index contributed by atoms with van der Waals surface area (Å²) in [4.78, 5) is 12.4. The van der Waals surface area contributed by atoms with Crippen LogP contribution in [-0.4, -0.2) is 32.4 Å². The van der Waals surface area contributed by atoms with E-state index in [1.807, 2.05) is 0 Å². The SMILES string of the molecule is CCS(=O)(=O)CCNC(=O)c1cc(S)ccc1Cl. The minimum atomic E-state index is -3.08. The van der Waals surface area contributed by atoms with Crippen LogP contribution in [0.4, 0.5) is 0 Å². The van der Waals surface area contributed by atoms with Gasteiger partial charge in [0.1, 0.15) is 0 Å². The molecule has 0 aliphatic carbocycles.